The molecule has 0 atom stereocenters. The van der Waals surface area contributed by atoms with E-state index in [9.17, 15) is 4.79 Å². The zero-order chi connectivity index (χ0) is 14.1. The Morgan fingerprint density at radius 1 is 1.50 bits per heavy atom. The predicted octanol–water partition coefficient (Wildman–Crippen LogP) is 3.61. The first-order valence-electron chi connectivity index (χ1n) is 6.05. The van der Waals surface area contributed by atoms with E-state index in [1.165, 1.54) is 5.56 Å². The summed E-state index contributed by atoms with van der Waals surface area (Å²) >= 11 is 5.11. The zero-order valence-electron chi connectivity index (χ0n) is 10.8. The summed E-state index contributed by atoms with van der Waals surface area (Å²) in [5.74, 6) is 0.702. The molecule has 0 aliphatic carbocycles. The fourth-order valence-electron chi connectivity index (χ4n) is 2.17. The second-order valence-corrected chi connectivity index (χ2v) is 6.77. The number of carbonyl (C=O) groups excluding carboxylic acids is 1. The number of anilines is 1. The number of halogens is 1. The van der Waals surface area contributed by atoms with Crippen molar-refractivity contribution >= 4 is 45.0 Å². The quantitative estimate of drug-likeness (QED) is 0.675. The number of thiophene rings is 1. The van der Waals surface area contributed by atoms with Crippen molar-refractivity contribution in [2.75, 3.05) is 11.9 Å². The van der Waals surface area contributed by atoms with Crippen LogP contribution in [-0.4, -0.2) is 22.7 Å². The molecular weight excluding hydrogens is 338 g/mol. The van der Waals surface area contributed by atoms with Crippen molar-refractivity contribution in [1.82, 2.24) is 9.38 Å². The minimum Gasteiger partial charge on any atom is -0.353 e. The fraction of sp³-hybridized carbons (Fsp3) is 0.143. The Hall–Kier alpha value is -1.66. The number of fused-ring (bicyclic) bond motifs is 1. The van der Waals surface area contributed by atoms with E-state index in [-0.39, 0.29) is 0 Å². The van der Waals surface area contributed by atoms with E-state index in [2.05, 4.69) is 32.4 Å². The molecule has 20 heavy (non-hydrogen) atoms. The van der Waals surface area contributed by atoms with E-state index in [1.54, 1.807) is 11.3 Å². The number of carbonyl (C=O) groups is 1. The number of aromatic nitrogens is 2. The van der Waals surface area contributed by atoms with Gasteiger partial charge in [-0.3, -0.25) is 9.20 Å². The molecule has 3 heterocycles. The van der Waals surface area contributed by atoms with Crippen molar-refractivity contribution in [1.29, 1.82) is 0 Å². The molecule has 0 fully saturated rings. The number of hydrogen-bond acceptors (Lipinski definition) is 4. The lowest BCUT2D eigenvalue weighted by molar-refractivity contribution is 0.111. The first-order valence-corrected chi connectivity index (χ1v) is 7.72. The van der Waals surface area contributed by atoms with Crippen LogP contribution in [0.4, 0.5) is 5.82 Å². The highest BCUT2D eigenvalue weighted by Gasteiger charge is 2.15. The molecule has 3 rings (SSSR count). The van der Waals surface area contributed by atoms with Crippen LogP contribution in [0.25, 0.3) is 5.65 Å². The van der Waals surface area contributed by atoms with Crippen molar-refractivity contribution < 1.29 is 4.79 Å². The molecule has 0 amide bonds. The maximum atomic E-state index is 11.4. The Bertz CT molecular complexity index is 765. The van der Waals surface area contributed by atoms with Crippen molar-refractivity contribution in [3.63, 3.8) is 0 Å². The smallest absolute Gasteiger partial charge is 0.170 e. The fourth-order valence-corrected chi connectivity index (χ4v) is 3.37. The molecule has 0 radical (unpaired) electrons. The SMILES string of the molecule is CN(Cc1csc(Br)c1)c1nc2ccccn2c1C=O. The van der Waals surface area contributed by atoms with Gasteiger partial charge in [0, 0.05) is 19.8 Å². The monoisotopic (exact) mass is 349 g/mol. The molecule has 0 aliphatic heterocycles. The van der Waals surface area contributed by atoms with Crippen molar-refractivity contribution in [3.8, 4) is 0 Å². The van der Waals surface area contributed by atoms with Crippen molar-refractivity contribution in [2.24, 2.45) is 0 Å². The number of aldehydes is 1. The number of pyridine rings is 1. The van der Waals surface area contributed by atoms with Gasteiger partial charge >= 0.3 is 0 Å². The zero-order valence-corrected chi connectivity index (χ0v) is 13.2. The van der Waals surface area contributed by atoms with E-state index in [0.29, 0.717) is 18.1 Å². The van der Waals surface area contributed by atoms with Gasteiger partial charge in [0.05, 0.1) is 3.79 Å². The summed E-state index contributed by atoms with van der Waals surface area (Å²) in [7, 11) is 1.94. The Kier molecular flexibility index (Phi) is 3.58. The van der Waals surface area contributed by atoms with Crippen LogP contribution in [-0.2, 0) is 6.54 Å². The first-order chi connectivity index (χ1) is 9.69. The summed E-state index contributed by atoms with van der Waals surface area (Å²) in [5.41, 5.74) is 2.55. The van der Waals surface area contributed by atoms with Crippen LogP contribution in [0.1, 0.15) is 16.1 Å². The van der Waals surface area contributed by atoms with E-state index < -0.39 is 0 Å². The maximum absolute atomic E-state index is 11.4. The van der Waals surface area contributed by atoms with Crippen LogP contribution >= 0.6 is 27.3 Å². The third-order valence-corrected chi connectivity index (χ3v) is 4.62. The molecule has 102 valence electrons. The van der Waals surface area contributed by atoms with Gasteiger partial charge in [0.25, 0.3) is 0 Å². The number of hydrogen-bond donors (Lipinski definition) is 0. The van der Waals surface area contributed by atoms with Gasteiger partial charge in [-0.25, -0.2) is 4.98 Å². The molecule has 4 nitrogen and oxygen atoms in total. The average Bonchev–Trinajstić information content (AvgIpc) is 3.01. The highest BCUT2D eigenvalue weighted by atomic mass is 79.9. The predicted molar refractivity (Wildman–Crippen MR) is 84.7 cm³/mol. The van der Waals surface area contributed by atoms with E-state index in [1.807, 2.05) is 40.7 Å². The molecule has 0 aliphatic rings. The molecule has 0 aromatic carbocycles. The van der Waals surface area contributed by atoms with Gasteiger partial charge in [-0.15, -0.1) is 11.3 Å². The van der Waals surface area contributed by atoms with Gasteiger partial charge in [0.15, 0.2) is 12.1 Å². The molecule has 0 spiro atoms. The van der Waals surface area contributed by atoms with Gasteiger partial charge in [0.1, 0.15) is 11.3 Å². The van der Waals surface area contributed by atoms with Crippen molar-refractivity contribution in [2.45, 2.75) is 6.54 Å². The summed E-state index contributed by atoms with van der Waals surface area (Å²) in [6.45, 7) is 0.715. The third-order valence-electron chi connectivity index (χ3n) is 3.06. The van der Waals surface area contributed by atoms with Crippen LogP contribution in [0.5, 0.6) is 0 Å². The Morgan fingerprint density at radius 2 is 2.35 bits per heavy atom. The van der Waals surface area contributed by atoms with Gasteiger partial charge in [-0.1, -0.05) is 6.07 Å². The lowest BCUT2D eigenvalue weighted by Crippen LogP contribution is -2.18. The topological polar surface area (TPSA) is 37.6 Å². The third kappa shape index (κ3) is 2.36. The van der Waals surface area contributed by atoms with Crippen LogP contribution < -0.4 is 4.90 Å². The number of rotatable bonds is 4. The molecular formula is C14H12BrN3OS. The molecule has 0 bridgehead atoms. The largest absolute Gasteiger partial charge is 0.353 e. The molecule has 3 aromatic heterocycles. The first kappa shape index (κ1) is 13.3. The number of imidazole rings is 1. The maximum Gasteiger partial charge on any atom is 0.170 e. The van der Waals surface area contributed by atoms with Crippen molar-refractivity contribution in [3.05, 3.63) is 50.9 Å². The molecule has 6 heteroatoms. The van der Waals surface area contributed by atoms with E-state index >= 15 is 0 Å². The Morgan fingerprint density at radius 3 is 3.05 bits per heavy atom. The van der Waals surface area contributed by atoms with Crippen LogP contribution in [0.15, 0.2) is 39.6 Å². The van der Waals surface area contributed by atoms with Crippen LogP contribution in [0, 0.1) is 0 Å². The summed E-state index contributed by atoms with van der Waals surface area (Å²) in [6, 6.07) is 7.78. The highest BCUT2D eigenvalue weighted by molar-refractivity contribution is 9.11. The molecule has 0 N–H and O–H groups in total. The minimum atomic E-state index is 0.581. The second kappa shape index (κ2) is 5.38. The lowest BCUT2D eigenvalue weighted by atomic mass is 10.3. The Labute approximate surface area is 128 Å². The standard InChI is InChI=1S/C14H12BrN3OS/c1-17(7-10-6-12(15)20-9-10)14-11(8-19)18-5-3-2-4-13(18)16-14/h2-6,8-9H,7H2,1H3. The van der Waals surface area contributed by atoms with Gasteiger partial charge < -0.3 is 4.90 Å². The van der Waals surface area contributed by atoms with E-state index in [0.717, 1.165) is 15.7 Å². The number of nitrogens with zero attached hydrogens (tertiary/aromatic N) is 3. The molecule has 0 saturated carbocycles. The summed E-state index contributed by atoms with van der Waals surface area (Å²) in [4.78, 5) is 17.9. The summed E-state index contributed by atoms with van der Waals surface area (Å²) in [5, 5.41) is 2.09. The normalized spacial score (nSPS) is 10.9. The molecule has 0 saturated heterocycles. The summed E-state index contributed by atoms with van der Waals surface area (Å²) in [6.07, 6.45) is 2.71. The van der Waals surface area contributed by atoms with E-state index in [4.69, 9.17) is 0 Å². The summed E-state index contributed by atoms with van der Waals surface area (Å²) < 4.78 is 2.91. The highest BCUT2D eigenvalue weighted by Crippen LogP contribution is 2.25. The lowest BCUT2D eigenvalue weighted by Gasteiger charge is -2.16. The Balaban J connectivity index is 1.98. The van der Waals surface area contributed by atoms with Gasteiger partial charge in [-0.2, -0.15) is 0 Å². The van der Waals surface area contributed by atoms with Gasteiger partial charge in [0.2, 0.25) is 0 Å². The minimum absolute atomic E-state index is 0.581. The van der Waals surface area contributed by atoms with Crippen LogP contribution in [0.3, 0.4) is 0 Å². The van der Waals surface area contributed by atoms with Gasteiger partial charge in [-0.05, 0) is 45.1 Å². The molecule has 0 unspecified atom stereocenters. The molecule has 3 aromatic rings. The second-order valence-electron chi connectivity index (χ2n) is 4.48. The van der Waals surface area contributed by atoms with Crippen LogP contribution in [0.2, 0.25) is 0 Å². The average molecular weight is 350 g/mol.